The Hall–Kier alpha value is -3.24. The van der Waals surface area contributed by atoms with E-state index in [2.05, 4.69) is 39.0 Å². The Balaban J connectivity index is 1.40. The van der Waals surface area contributed by atoms with Crippen LogP contribution in [0.15, 0.2) is 42.7 Å². The van der Waals surface area contributed by atoms with Crippen molar-refractivity contribution in [3.05, 3.63) is 48.4 Å². The van der Waals surface area contributed by atoms with E-state index in [1.807, 2.05) is 25.3 Å². The van der Waals surface area contributed by atoms with Gasteiger partial charge in [-0.05, 0) is 43.9 Å². The first-order valence-electron chi connectivity index (χ1n) is 10.4. The number of hydrogen-bond donors (Lipinski definition) is 0. The van der Waals surface area contributed by atoms with Crippen LogP contribution in [0.2, 0.25) is 0 Å². The number of nitriles is 1. The van der Waals surface area contributed by atoms with Crippen LogP contribution in [0.1, 0.15) is 24.6 Å². The lowest BCUT2D eigenvalue weighted by Crippen LogP contribution is -2.36. The highest BCUT2D eigenvalue weighted by Crippen LogP contribution is 2.39. The van der Waals surface area contributed by atoms with E-state index in [0.717, 1.165) is 72.8 Å². The number of nitrogens with zero attached hydrogens (tertiary/aromatic N) is 6. The summed E-state index contributed by atoms with van der Waals surface area (Å²) in [6, 6.07) is 8.72. The van der Waals surface area contributed by atoms with Crippen LogP contribution in [0.25, 0.3) is 22.3 Å². The average Bonchev–Trinajstić information content (AvgIpc) is 3.13. The Morgan fingerprint density at radius 3 is 2.83 bits per heavy atom. The number of hydrogen-bond acceptors (Lipinski definition) is 6. The molecule has 0 amide bonds. The number of benzene rings is 1. The summed E-state index contributed by atoms with van der Waals surface area (Å²) in [7, 11) is 0. The number of allylic oxidation sites excluding steroid dienone is 2. The van der Waals surface area contributed by atoms with Crippen molar-refractivity contribution >= 4 is 16.7 Å². The summed E-state index contributed by atoms with van der Waals surface area (Å²) < 4.78 is 7.52. The summed E-state index contributed by atoms with van der Waals surface area (Å²) >= 11 is 0. The molecule has 0 spiro atoms. The second kappa shape index (κ2) is 7.88. The molecule has 0 radical (unpaired) electrons. The third-order valence-corrected chi connectivity index (χ3v) is 6.06. The molecule has 3 aromatic rings. The largest absolute Gasteiger partial charge is 0.378 e. The van der Waals surface area contributed by atoms with E-state index in [1.54, 1.807) is 6.08 Å². The first kappa shape index (κ1) is 18.8. The number of fused-ring (bicyclic) bond motifs is 1. The van der Waals surface area contributed by atoms with Crippen LogP contribution >= 0.6 is 0 Å². The van der Waals surface area contributed by atoms with Crippen LogP contribution in [0, 0.1) is 24.2 Å². The smallest absolute Gasteiger partial charge is 0.0927 e. The zero-order valence-corrected chi connectivity index (χ0v) is 17.0. The zero-order chi connectivity index (χ0) is 20.5. The van der Waals surface area contributed by atoms with E-state index in [0.29, 0.717) is 12.0 Å². The molecule has 1 saturated carbocycles. The molecule has 2 fully saturated rings. The summed E-state index contributed by atoms with van der Waals surface area (Å²) in [6.07, 6.45) is 9.54. The first-order valence-corrected chi connectivity index (χ1v) is 10.4. The van der Waals surface area contributed by atoms with Crippen LogP contribution in [-0.2, 0) is 4.74 Å². The molecule has 1 aliphatic carbocycles. The molecule has 2 aromatic heterocycles. The summed E-state index contributed by atoms with van der Waals surface area (Å²) in [5.74, 6) is 0.474. The minimum Gasteiger partial charge on any atom is -0.378 e. The number of anilines is 1. The molecular formula is C23H24N6O. The fourth-order valence-corrected chi connectivity index (χ4v) is 4.25. The van der Waals surface area contributed by atoms with Gasteiger partial charge in [-0.15, -0.1) is 0 Å². The maximum absolute atomic E-state index is 8.67. The van der Waals surface area contributed by atoms with E-state index >= 15 is 0 Å². The van der Waals surface area contributed by atoms with E-state index < -0.39 is 0 Å². The van der Waals surface area contributed by atoms with Gasteiger partial charge in [-0.3, -0.25) is 9.67 Å². The van der Waals surface area contributed by atoms with Gasteiger partial charge < -0.3 is 9.64 Å². The van der Waals surface area contributed by atoms with E-state index in [1.165, 1.54) is 0 Å². The molecule has 0 N–H and O–H groups in total. The lowest BCUT2D eigenvalue weighted by molar-refractivity contribution is 0.122. The Labute approximate surface area is 175 Å². The fraction of sp³-hybridized carbons (Fsp3) is 0.391. The molecule has 1 saturated heterocycles. The van der Waals surface area contributed by atoms with Gasteiger partial charge in [0, 0.05) is 36.6 Å². The normalized spacial score (nSPS) is 21.7. The second-order valence-corrected chi connectivity index (χ2v) is 8.01. The molecule has 30 heavy (non-hydrogen) atoms. The van der Waals surface area contributed by atoms with Crippen molar-refractivity contribution in [1.29, 1.82) is 5.26 Å². The number of ether oxygens (including phenoxy) is 1. The Morgan fingerprint density at radius 1 is 1.20 bits per heavy atom. The maximum Gasteiger partial charge on any atom is 0.0927 e. The van der Waals surface area contributed by atoms with Crippen LogP contribution in [0.4, 0.5) is 5.69 Å². The Morgan fingerprint density at radius 2 is 2.03 bits per heavy atom. The quantitative estimate of drug-likeness (QED) is 0.622. The molecule has 1 aliphatic heterocycles. The lowest BCUT2D eigenvalue weighted by Gasteiger charge is -2.33. The number of rotatable bonds is 4. The summed E-state index contributed by atoms with van der Waals surface area (Å²) in [4.78, 5) is 11.9. The molecule has 7 heteroatoms. The molecule has 0 bridgehead atoms. The monoisotopic (exact) mass is 400 g/mol. The van der Waals surface area contributed by atoms with E-state index in [-0.39, 0.29) is 0 Å². The van der Waals surface area contributed by atoms with Crippen LogP contribution < -0.4 is 4.90 Å². The van der Waals surface area contributed by atoms with Crippen molar-refractivity contribution in [3.8, 4) is 17.3 Å². The minimum atomic E-state index is 0.382. The predicted molar refractivity (Wildman–Crippen MR) is 115 cm³/mol. The highest BCUT2D eigenvalue weighted by molar-refractivity contribution is 5.81. The molecule has 1 aromatic carbocycles. The van der Waals surface area contributed by atoms with Gasteiger partial charge in [0.25, 0.3) is 0 Å². The van der Waals surface area contributed by atoms with E-state index in [9.17, 15) is 0 Å². The second-order valence-electron chi connectivity index (χ2n) is 8.01. The summed E-state index contributed by atoms with van der Waals surface area (Å²) in [6.45, 7) is 5.34. The molecule has 7 nitrogen and oxygen atoms in total. The molecule has 5 rings (SSSR count). The van der Waals surface area contributed by atoms with Gasteiger partial charge in [0.05, 0.1) is 53.9 Å². The van der Waals surface area contributed by atoms with Gasteiger partial charge in [0.2, 0.25) is 0 Å². The van der Waals surface area contributed by atoms with Crippen molar-refractivity contribution in [2.75, 3.05) is 31.2 Å². The Bertz CT molecular complexity index is 1130. The van der Waals surface area contributed by atoms with Gasteiger partial charge in [-0.25, -0.2) is 4.98 Å². The van der Waals surface area contributed by atoms with Crippen LogP contribution in [0.3, 0.4) is 0 Å². The molecule has 0 unspecified atom stereocenters. The molecule has 152 valence electrons. The van der Waals surface area contributed by atoms with Gasteiger partial charge in [0.1, 0.15) is 0 Å². The van der Waals surface area contributed by atoms with Crippen molar-refractivity contribution in [2.24, 2.45) is 5.92 Å². The standard InChI is InChI=1S/C23H24N6O/c1-16-20(15-29(27-16)19-11-17(12-19)3-2-6-24)23-14-25-21-5-4-18(13-22(21)26-23)28-7-9-30-10-8-28/h2-5,13-15,17,19H,7-12H2,1H3/b3-2+. The number of aromatic nitrogens is 4. The Kier molecular flexibility index (Phi) is 4.93. The summed E-state index contributed by atoms with van der Waals surface area (Å²) in [5.41, 5.74) is 5.79. The van der Waals surface area contributed by atoms with Crippen LogP contribution in [-0.4, -0.2) is 46.1 Å². The number of morpholine rings is 1. The highest BCUT2D eigenvalue weighted by atomic mass is 16.5. The van der Waals surface area contributed by atoms with E-state index in [4.69, 9.17) is 20.1 Å². The van der Waals surface area contributed by atoms with Crippen molar-refractivity contribution in [1.82, 2.24) is 19.7 Å². The topological polar surface area (TPSA) is 79.9 Å². The van der Waals surface area contributed by atoms with Gasteiger partial charge in [0.15, 0.2) is 0 Å². The van der Waals surface area contributed by atoms with Crippen LogP contribution in [0.5, 0.6) is 0 Å². The van der Waals surface area contributed by atoms with Gasteiger partial charge in [-0.1, -0.05) is 6.08 Å². The van der Waals surface area contributed by atoms with Gasteiger partial charge >= 0.3 is 0 Å². The molecule has 0 atom stereocenters. The van der Waals surface area contributed by atoms with Gasteiger partial charge in [-0.2, -0.15) is 10.4 Å². The summed E-state index contributed by atoms with van der Waals surface area (Å²) in [5, 5.41) is 13.4. The number of aryl methyl sites for hydroxylation is 1. The first-order chi connectivity index (χ1) is 14.7. The minimum absolute atomic E-state index is 0.382. The SMILES string of the molecule is Cc1nn(C2CC(/C=C/C#N)C2)cc1-c1cnc2ccc(N3CCOCC3)cc2n1. The van der Waals surface area contributed by atoms with Crippen molar-refractivity contribution in [3.63, 3.8) is 0 Å². The predicted octanol–water partition coefficient (Wildman–Crippen LogP) is 3.67. The highest BCUT2D eigenvalue weighted by Gasteiger charge is 2.30. The fourth-order valence-electron chi connectivity index (χ4n) is 4.25. The molecular weight excluding hydrogens is 376 g/mol. The maximum atomic E-state index is 8.67. The average molecular weight is 400 g/mol. The molecule has 3 heterocycles. The van der Waals surface area contributed by atoms with Crippen molar-refractivity contribution < 1.29 is 4.74 Å². The molecule has 2 aliphatic rings. The third kappa shape index (κ3) is 3.55. The van der Waals surface area contributed by atoms with Crippen molar-refractivity contribution in [2.45, 2.75) is 25.8 Å². The lowest BCUT2D eigenvalue weighted by atomic mass is 9.80. The third-order valence-electron chi connectivity index (χ3n) is 6.06. The zero-order valence-electron chi connectivity index (χ0n) is 17.0.